The Kier molecular flexibility index (Phi) is 7.10. The molecular formula is C25H31N3O3. The third-order valence-electron chi connectivity index (χ3n) is 5.80. The molecule has 2 aromatic carbocycles. The second-order valence-electron chi connectivity index (χ2n) is 8.18. The molecule has 0 aromatic heterocycles. The number of carbonyl (C=O) groups excluding carboxylic acids is 3. The first-order chi connectivity index (χ1) is 14.9. The van der Waals surface area contributed by atoms with E-state index >= 15 is 0 Å². The fraction of sp³-hybridized carbons (Fsp3) is 0.400. The van der Waals surface area contributed by atoms with Crippen LogP contribution in [0.1, 0.15) is 58.1 Å². The van der Waals surface area contributed by atoms with Crippen molar-refractivity contribution in [3.05, 3.63) is 60.2 Å². The third kappa shape index (κ3) is 4.95. The average molecular weight is 422 g/mol. The summed E-state index contributed by atoms with van der Waals surface area (Å²) in [6.45, 7) is 5.58. The number of imide groups is 1. The van der Waals surface area contributed by atoms with Crippen LogP contribution in [0.4, 0.5) is 4.79 Å². The van der Waals surface area contributed by atoms with Crippen molar-refractivity contribution in [2.45, 2.75) is 58.0 Å². The van der Waals surface area contributed by atoms with Crippen molar-refractivity contribution >= 4 is 17.8 Å². The standard InChI is InChI=1S/C25H31N3O3/c1-4-15-25(16-5-2)23(30)28(24(31)27-25)17-22(29)26-18(3)19-11-13-21(14-12-19)20-9-7-6-8-10-20/h6-14,18H,4-5,15-17H2,1-3H3,(H,26,29)(H,27,31). The highest BCUT2D eigenvalue weighted by Crippen LogP contribution is 2.28. The van der Waals surface area contributed by atoms with Crippen LogP contribution in [-0.4, -0.2) is 34.8 Å². The molecule has 6 nitrogen and oxygen atoms in total. The van der Waals surface area contributed by atoms with Crippen LogP contribution >= 0.6 is 0 Å². The zero-order valence-corrected chi connectivity index (χ0v) is 18.5. The average Bonchev–Trinajstić information content (AvgIpc) is 2.99. The number of amides is 4. The van der Waals surface area contributed by atoms with Gasteiger partial charge in [-0.25, -0.2) is 4.79 Å². The molecule has 0 bridgehead atoms. The molecular weight excluding hydrogens is 390 g/mol. The van der Waals surface area contributed by atoms with Gasteiger partial charge < -0.3 is 10.6 Å². The van der Waals surface area contributed by atoms with E-state index in [1.54, 1.807) is 0 Å². The minimum Gasteiger partial charge on any atom is -0.348 e. The van der Waals surface area contributed by atoms with Gasteiger partial charge in [-0.2, -0.15) is 0 Å². The van der Waals surface area contributed by atoms with Crippen molar-refractivity contribution < 1.29 is 14.4 Å². The van der Waals surface area contributed by atoms with Crippen molar-refractivity contribution in [1.82, 2.24) is 15.5 Å². The molecule has 1 aliphatic heterocycles. The van der Waals surface area contributed by atoms with Crippen LogP contribution in [0.5, 0.6) is 0 Å². The van der Waals surface area contributed by atoms with Crippen LogP contribution in [-0.2, 0) is 9.59 Å². The molecule has 1 fully saturated rings. The van der Waals surface area contributed by atoms with Gasteiger partial charge in [0.1, 0.15) is 12.1 Å². The molecule has 1 heterocycles. The summed E-state index contributed by atoms with van der Waals surface area (Å²) >= 11 is 0. The van der Waals surface area contributed by atoms with Crippen LogP contribution < -0.4 is 10.6 Å². The molecule has 0 spiro atoms. The lowest BCUT2D eigenvalue weighted by Crippen LogP contribution is -2.47. The Bertz CT molecular complexity index is 919. The van der Waals surface area contributed by atoms with Crippen molar-refractivity contribution in [2.75, 3.05) is 6.54 Å². The van der Waals surface area contributed by atoms with Gasteiger partial charge in [-0.05, 0) is 36.5 Å². The zero-order valence-electron chi connectivity index (χ0n) is 18.5. The van der Waals surface area contributed by atoms with Gasteiger partial charge in [-0.3, -0.25) is 14.5 Å². The van der Waals surface area contributed by atoms with Crippen LogP contribution in [0.2, 0.25) is 0 Å². The first-order valence-corrected chi connectivity index (χ1v) is 11.0. The first-order valence-electron chi connectivity index (χ1n) is 11.0. The Hall–Kier alpha value is -3.15. The van der Waals surface area contributed by atoms with Crippen molar-refractivity contribution in [3.63, 3.8) is 0 Å². The maximum Gasteiger partial charge on any atom is 0.325 e. The highest BCUT2D eigenvalue weighted by Gasteiger charge is 2.50. The molecule has 164 valence electrons. The molecule has 1 saturated heterocycles. The summed E-state index contributed by atoms with van der Waals surface area (Å²) < 4.78 is 0. The molecule has 6 heteroatoms. The Morgan fingerprint density at radius 3 is 2.13 bits per heavy atom. The lowest BCUT2D eigenvalue weighted by Gasteiger charge is -2.25. The molecule has 1 atom stereocenters. The second-order valence-corrected chi connectivity index (χ2v) is 8.18. The minimum absolute atomic E-state index is 0.242. The van der Waals surface area contributed by atoms with Crippen molar-refractivity contribution in [2.24, 2.45) is 0 Å². The molecule has 1 unspecified atom stereocenters. The summed E-state index contributed by atoms with van der Waals surface area (Å²) in [5.41, 5.74) is 2.31. The summed E-state index contributed by atoms with van der Waals surface area (Å²) in [5, 5.41) is 5.74. The largest absolute Gasteiger partial charge is 0.348 e. The summed E-state index contributed by atoms with van der Waals surface area (Å²) in [5.74, 6) is -0.650. The van der Waals surface area contributed by atoms with Gasteiger partial charge >= 0.3 is 6.03 Å². The van der Waals surface area contributed by atoms with Crippen LogP contribution in [0.25, 0.3) is 11.1 Å². The molecule has 0 aliphatic carbocycles. The number of carbonyl (C=O) groups is 3. The van der Waals surface area contributed by atoms with Gasteiger partial charge in [0.05, 0.1) is 6.04 Å². The number of hydrogen-bond acceptors (Lipinski definition) is 3. The summed E-state index contributed by atoms with van der Waals surface area (Å²) in [6, 6.07) is 17.4. The molecule has 4 amide bonds. The van der Waals surface area contributed by atoms with E-state index < -0.39 is 11.6 Å². The predicted molar refractivity (Wildman–Crippen MR) is 121 cm³/mol. The first kappa shape index (κ1) is 22.5. The van der Waals surface area contributed by atoms with E-state index in [4.69, 9.17) is 0 Å². The summed E-state index contributed by atoms with van der Waals surface area (Å²) in [4.78, 5) is 39.0. The maximum absolute atomic E-state index is 12.9. The van der Waals surface area contributed by atoms with Crippen molar-refractivity contribution in [1.29, 1.82) is 0 Å². The number of nitrogens with one attached hydrogen (secondary N) is 2. The Labute approximate surface area is 184 Å². The van der Waals surface area contributed by atoms with Gasteiger partial charge in [-0.15, -0.1) is 0 Å². The Balaban J connectivity index is 1.62. The quantitative estimate of drug-likeness (QED) is 0.588. The van der Waals surface area contributed by atoms with Crippen molar-refractivity contribution in [3.8, 4) is 11.1 Å². The number of urea groups is 1. The van der Waals surface area contributed by atoms with Gasteiger partial charge in [-0.1, -0.05) is 81.3 Å². The summed E-state index contributed by atoms with van der Waals surface area (Å²) in [7, 11) is 0. The maximum atomic E-state index is 12.9. The summed E-state index contributed by atoms with van der Waals surface area (Å²) in [6.07, 6.45) is 2.71. The number of nitrogens with zero attached hydrogens (tertiary/aromatic N) is 1. The highest BCUT2D eigenvalue weighted by atomic mass is 16.2. The van der Waals surface area contributed by atoms with E-state index in [2.05, 4.69) is 22.8 Å². The molecule has 3 rings (SSSR count). The molecule has 31 heavy (non-hydrogen) atoms. The zero-order chi connectivity index (χ0) is 22.4. The van der Waals surface area contributed by atoms with E-state index in [-0.39, 0.29) is 24.4 Å². The van der Waals surface area contributed by atoms with E-state index in [9.17, 15) is 14.4 Å². The van der Waals surface area contributed by atoms with Gasteiger partial charge in [0.2, 0.25) is 5.91 Å². The van der Waals surface area contributed by atoms with Gasteiger partial charge in [0.25, 0.3) is 5.91 Å². The molecule has 1 aliphatic rings. The number of rotatable bonds is 9. The minimum atomic E-state index is -0.875. The van der Waals surface area contributed by atoms with Gasteiger partial charge in [0.15, 0.2) is 0 Å². The molecule has 2 aromatic rings. The van der Waals surface area contributed by atoms with Crippen LogP contribution in [0.15, 0.2) is 54.6 Å². The Morgan fingerprint density at radius 1 is 0.968 bits per heavy atom. The lowest BCUT2D eigenvalue weighted by molar-refractivity contribution is -0.135. The van der Waals surface area contributed by atoms with Crippen LogP contribution in [0, 0.1) is 0 Å². The SMILES string of the molecule is CCCC1(CCC)NC(=O)N(CC(=O)NC(C)c2ccc(-c3ccccc3)cc2)C1=O. The molecule has 0 saturated carbocycles. The van der Waals surface area contributed by atoms with E-state index in [1.807, 2.05) is 63.2 Å². The monoisotopic (exact) mass is 421 g/mol. The highest BCUT2D eigenvalue weighted by molar-refractivity contribution is 6.09. The number of benzene rings is 2. The van der Waals surface area contributed by atoms with E-state index in [0.717, 1.165) is 34.4 Å². The number of hydrogen-bond donors (Lipinski definition) is 2. The smallest absolute Gasteiger partial charge is 0.325 e. The van der Waals surface area contributed by atoms with Crippen LogP contribution in [0.3, 0.4) is 0 Å². The fourth-order valence-electron chi connectivity index (χ4n) is 4.25. The lowest BCUT2D eigenvalue weighted by atomic mass is 9.88. The third-order valence-corrected chi connectivity index (χ3v) is 5.80. The fourth-order valence-corrected chi connectivity index (χ4v) is 4.25. The molecule has 2 N–H and O–H groups in total. The predicted octanol–water partition coefficient (Wildman–Crippen LogP) is 4.42. The van der Waals surface area contributed by atoms with E-state index in [1.165, 1.54) is 0 Å². The topological polar surface area (TPSA) is 78.5 Å². The van der Waals surface area contributed by atoms with Gasteiger partial charge in [0, 0.05) is 0 Å². The van der Waals surface area contributed by atoms with E-state index in [0.29, 0.717) is 12.8 Å². The second kappa shape index (κ2) is 9.77. The normalized spacial score (nSPS) is 16.2. The Morgan fingerprint density at radius 2 is 1.55 bits per heavy atom. The molecule has 0 radical (unpaired) electrons.